The summed E-state index contributed by atoms with van der Waals surface area (Å²) in [4.78, 5) is 6.31. The molecule has 0 saturated heterocycles. The highest BCUT2D eigenvalue weighted by Gasteiger charge is 2.13. The number of rotatable bonds is 7. The summed E-state index contributed by atoms with van der Waals surface area (Å²) >= 11 is 0. The predicted molar refractivity (Wildman–Crippen MR) is 102 cm³/mol. The number of hydrogen-bond acceptors (Lipinski definition) is 2. The fraction of sp³-hybridized carbons (Fsp3) is 0.350. The molecule has 4 nitrogen and oxygen atoms in total. The molecule has 0 spiro atoms. The summed E-state index contributed by atoms with van der Waals surface area (Å²) in [6.45, 7) is 0.835. The van der Waals surface area contributed by atoms with Crippen LogP contribution in [-0.2, 0) is 13.0 Å². The van der Waals surface area contributed by atoms with Crippen LogP contribution in [0.15, 0.2) is 53.5 Å². The lowest BCUT2D eigenvalue weighted by molar-refractivity contribution is 0.290. The Labute approximate surface area is 153 Å². The van der Waals surface area contributed by atoms with Gasteiger partial charge in [0.2, 0.25) is 0 Å². The van der Waals surface area contributed by atoms with E-state index in [1.54, 1.807) is 7.05 Å². The Morgan fingerprint density at radius 3 is 2.46 bits per heavy atom. The van der Waals surface area contributed by atoms with E-state index in [4.69, 9.17) is 0 Å². The maximum Gasteiger partial charge on any atom is 0.191 e. The van der Waals surface area contributed by atoms with Crippen molar-refractivity contribution in [1.29, 1.82) is 0 Å². The largest absolute Gasteiger partial charge is 0.355 e. The maximum absolute atomic E-state index is 13.7. The fourth-order valence-corrected chi connectivity index (χ4v) is 2.62. The molecule has 2 rings (SSSR count). The van der Waals surface area contributed by atoms with Gasteiger partial charge in [-0.25, -0.2) is 8.78 Å². The summed E-state index contributed by atoms with van der Waals surface area (Å²) in [6, 6.07) is 14.0. The van der Waals surface area contributed by atoms with Crippen LogP contribution in [0.1, 0.15) is 11.1 Å². The fourth-order valence-electron chi connectivity index (χ4n) is 2.62. The molecule has 2 N–H and O–H groups in total. The lowest BCUT2D eigenvalue weighted by atomic mass is 10.1. The number of nitrogens with zero attached hydrogens (tertiary/aromatic N) is 2. The van der Waals surface area contributed by atoms with E-state index in [-0.39, 0.29) is 18.2 Å². The third-order valence-electron chi connectivity index (χ3n) is 4.23. The van der Waals surface area contributed by atoms with Gasteiger partial charge in [0.15, 0.2) is 5.96 Å². The highest BCUT2D eigenvalue weighted by molar-refractivity contribution is 5.79. The van der Waals surface area contributed by atoms with Gasteiger partial charge in [0, 0.05) is 31.7 Å². The molecule has 0 aliphatic carbocycles. The molecule has 1 unspecified atom stereocenters. The number of likely N-dealkylation sites (N-methyl/N-ethyl adjacent to an activating group) is 1. The third-order valence-corrected chi connectivity index (χ3v) is 4.23. The molecule has 0 heterocycles. The SMILES string of the molecule is CN=C(NCc1cc(F)ccc1F)NCC(Cc1ccccc1)N(C)C. The molecule has 0 aliphatic rings. The van der Waals surface area contributed by atoms with Crippen LogP contribution in [0.5, 0.6) is 0 Å². The molecule has 26 heavy (non-hydrogen) atoms. The van der Waals surface area contributed by atoms with Gasteiger partial charge in [-0.3, -0.25) is 4.99 Å². The van der Waals surface area contributed by atoms with Crippen molar-refractivity contribution in [2.45, 2.75) is 19.0 Å². The van der Waals surface area contributed by atoms with E-state index < -0.39 is 11.6 Å². The summed E-state index contributed by atoms with van der Waals surface area (Å²) in [5.41, 5.74) is 1.53. The molecule has 0 saturated carbocycles. The minimum Gasteiger partial charge on any atom is -0.355 e. The normalized spacial score (nSPS) is 12.9. The molecule has 1 atom stereocenters. The van der Waals surface area contributed by atoms with Crippen molar-refractivity contribution in [3.8, 4) is 0 Å². The van der Waals surface area contributed by atoms with Crippen LogP contribution < -0.4 is 10.6 Å². The van der Waals surface area contributed by atoms with Gasteiger partial charge in [-0.1, -0.05) is 30.3 Å². The monoisotopic (exact) mass is 360 g/mol. The number of aliphatic imine (C=N–C) groups is 1. The van der Waals surface area contributed by atoms with Crippen molar-refractivity contribution in [2.75, 3.05) is 27.7 Å². The Hall–Kier alpha value is -2.47. The van der Waals surface area contributed by atoms with Gasteiger partial charge >= 0.3 is 0 Å². The second-order valence-electron chi connectivity index (χ2n) is 6.35. The Bertz CT molecular complexity index is 717. The number of halogens is 2. The van der Waals surface area contributed by atoms with E-state index in [1.165, 1.54) is 11.6 Å². The summed E-state index contributed by atoms with van der Waals surface area (Å²) in [6.07, 6.45) is 0.899. The molecule has 2 aromatic carbocycles. The minimum atomic E-state index is -0.457. The van der Waals surface area contributed by atoms with Gasteiger partial charge in [-0.15, -0.1) is 0 Å². The number of guanidine groups is 1. The zero-order valence-electron chi connectivity index (χ0n) is 15.5. The molecular weight excluding hydrogens is 334 g/mol. The van der Waals surface area contributed by atoms with E-state index >= 15 is 0 Å². The molecule has 0 amide bonds. The first-order valence-corrected chi connectivity index (χ1v) is 8.58. The van der Waals surface area contributed by atoms with Crippen molar-refractivity contribution in [1.82, 2.24) is 15.5 Å². The summed E-state index contributed by atoms with van der Waals surface area (Å²) < 4.78 is 27.0. The first-order valence-electron chi connectivity index (χ1n) is 8.58. The minimum absolute atomic E-state index is 0.161. The number of nitrogens with one attached hydrogen (secondary N) is 2. The lowest BCUT2D eigenvalue weighted by Crippen LogP contribution is -2.45. The molecule has 0 aliphatic heterocycles. The average Bonchev–Trinajstić information content (AvgIpc) is 2.64. The van der Waals surface area contributed by atoms with Gasteiger partial charge in [-0.05, 0) is 44.3 Å². The predicted octanol–water partition coefficient (Wildman–Crippen LogP) is 2.80. The zero-order valence-corrected chi connectivity index (χ0v) is 15.5. The standard InChI is InChI=1S/C20H26F2N4/c1-23-20(24-13-16-12-17(21)9-10-19(16)22)25-14-18(26(2)3)11-15-7-5-4-6-8-15/h4-10,12,18H,11,13-14H2,1-3H3,(H2,23,24,25). The van der Waals surface area contributed by atoms with Crippen molar-refractivity contribution >= 4 is 5.96 Å². The molecule has 2 aromatic rings. The van der Waals surface area contributed by atoms with Crippen LogP contribution in [0.2, 0.25) is 0 Å². The first kappa shape index (κ1) is 19.8. The average molecular weight is 360 g/mol. The summed E-state index contributed by atoms with van der Waals surface area (Å²) in [5, 5.41) is 6.28. The quantitative estimate of drug-likeness (QED) is 0.589. The first-order chi connectivity index (χ1) is 12.5. The highest BCUT2D eigenvalue weighted by atomic mass is 19.1. The molecule has 0 radical (unpaired) electrons. The van der Waals surface area contributed by atoms with Crippen molar-refractivity contribution in [3.63, 3.8) is 0 Å². The van der Waals surface area contributed by atoms with E-state index in [1.807, 2.05) is 32.3 Å². The van der Waals surface area contributed by atoms with Crippen molar-refractivity contribution in [3.05, 3.63) is 71.3 Å². The number of hydrogen-bond donors (Lipinski definition) is 2. The molecule has 0 fully saturated rings. The van der Waals surface area contributed by atoms with E-state index in [0.717, 1.165) is 18.6 Å². The van der Waals surface area contributed by atoms with Gasteiger partial charge in [-0.2, -0.15) is 0 Å². The second-order valence-corrected chi connectivity index (χ2v) is 6.35. The topological polar surface area (TPSA) is 39.7 Å². The lowest BCUT2D eigenvalue weighted by Gasteiger charge is -2.25. The molecular formula is C20H26F2N4. The molecule has 140 valence electrons. The third kappa shape index (κ3) is 6.11. The van der Waals surface area contributed by atoms with E-state index in [9.17, 15) is 8.78 Å². The van der Waals surface area contributed by atoms with E-state index in [2.05, 4.69) is 32.7 Å². The van der Waals surface area contributed by atoms with Crippen LogP contribution >= 0.6 is 0 Å². The Morgan fingerprint density at radius 1 is 1.08 bits per heavy atom. The highest BCUT2D eigenvalue weighted by Crippen LogP contribution is 2.09. The van der Waals surface area contributed by atoms with Gasteiger partial charge in [0.1, 0.15) is 11.6 Å². The Kier molecular flexibility index (Phi) is 7.53. The van der Waals surface area contributed by atoms with Crippen LogP contribution in [0, 0.1) is 11.6 Å². The zero-order chi connectivity index (χ0) is 18.9. The molecule has 0 aromatic heterocycles. The van der Waals surface area contributed by atoms with Crippen LogP contribution in [0.25, 0.3) is 0 Å². The van der Waals surface area contributed by atoms with E-state index in [0.29, 0.717) is 12.5 Å². The molecule has 0 bridgehead atoms. The van der Waals surface area contributed by atoms with Gasteiger partial charge in [0.25, 0.3) is 0 Å². The van der Waals surface area contributed by atoms with Crippen molar-refractivity contribution < 1.29 is 8.78 Å². The van der Waals surface area contributed by atoms with Crippen LogP contribution in [-0.4, -0.2) is 44.6 Å². The van der Waals surface area contributed by atoms with Gasteiger partial charge in [0.05, 0.1) is 0 Å². The molecule has 6 heteroatoms. The summed E-state index contributed by atoms with van der Waals surface area (Å²) in [5.74, 6) is -0.347. The van der Waals surface area contributed by atoms with Crippen LogP contribution in [0.4, 0.5) is 8.78 Å². The number of benzene rings is 2. The van der Waals surface area contributed by atoms with Crippen molar-refractivity contribution in [2.24, 2.45) is 4.99 Å². The smallest absolute Gasteiger partial charge is 0.191 e. The second kappa shape index (κ2) is 9.87. The Morgan fingerprint density at radius 2 is 1.81 bits per heavy atom. The maximum atomic E-state index is 13.7. The van der Waals surface area contributed by atoms with Crippen LogP contribution in [0.3, 0.4) is 0 Å². The Balaban J connectivity index is 1.90. The summed E-state index contributed by atoms with van der Waals surface area (Å²) in [7, 11) is 5.72. The van der Waals surface area contributed by atoms with Gasteiger partial charge < -0.3 is 15.5 Å².